The highest BCUT2D eigenvalue weighted by Gasteiger charge is 2.35. The summed E-state index contributed by atoms with van der Waals surface area (Å²) in [7, 11) is 1.48. The Hall–Kier alpha value is -3.47. The first kappa shape index (κ1) is 27.1. The molecular weight excluding hydrogens is 602 g/mol. The van der Waals surface area contributed by atoms with E-state index in [4.69, 9.17) is 26.4 Å². The van der Waals surface area contributed by atoms with Crippen molar-refractivity contribution in [1.82, 2.24) is 14.8 Å². The van der Waals surface area contributed by atoms with E-state index >= 15 is 0 Å². The molecule has 0 spiro atoms. The smallest absolute Gasteiger partial charge is 0.255 e. The number of aromatic nitrogens is 3. The van der Waals surface area contributed by atoms with Gasteiger partial charge in [0.1, 0.15) is 6.04 Å². The molecular formula is C28H25BrClN5O3S. The van der Waals surface area contributed by atoms with Crippen LogP contribution in [0.25, 0.3) is 0 Å². The number of carbonyl (C=O) groups excluding carboxylic acids is 1. The molecule has 11 heteroatoms. The summed E-state index contributed by atoms with van der Waals surface area (Å²) in [6.45, 7) is 3.80. The molecule has 1 aliphatic rings. The first-order chi connectivity index (χ1) is 18.7. The van der Waals surface area contributed by atoms with Crippen LogP contribution in [0.2, 0.25) is 5.02 Å². The van der Waals surface area contributed by atoms with E-state index in [0.717, 1.165) is 11.1 Å². The summed E-state index contributed by atoms with van der Waals surface area (Å²) in [6.07, 6.45) is 0. The molecule has 3 N–H and O–H groups in total. The average molecular weight is 627 g/mol. The predicted octanol–water partition coefficient (Wildman–Crippen LogP) is 6.94. The second-order valence-electron chi connectivity index (χ2n) is 8.99. The highest BCUT2D eigenvalue weighted by molar-refractivity contribution is 9.10. The number of fused-ring (bicyclic) bond motifs is 1. The fourth-order valence-electron chi connectivity index (χ4n) is 4.38. The van der Waals surface area contributed by atoms with Crippen LogP contribution in [0.1, 0.15) is 29.7 Å². The van der Waals surface area contributed by atoms with Gasteiger partial charge in [-0.15, -0.1) is 5.10 Å². The summed E-state index contributed by atoms with van der Waals surface area (Å²) in [6, 6.07) is 18.0. The molecule has 4 aromatic rings. The zero-order valence-corrected chi connectivity index (χ0v) is 24.5. The fraction of sp³-hybridized carbons (Fsp3) is 0.179. The van der Waals surface area contributed by atoms with Gasteiger partial charge in [-0.3, -0.25) is 4.79 Å². The lowest BCUT2D eigenvalue weighted by atomic mass is 9.94. The number of hydrogen-bond acceptors (Lipinski definition) is 7. The predicted molar refractivity (Wildman–Crippen MR) is 158 cm³/mol. The molecule has 1 aromatic heterocycles. The highest BCUT2D eigenvalue weighted by Crippen LogP contribution is 2.42. The van der Waals surface area contributed by atoms with Crippen molar-refractivity contribution in [3.8, 4) is 11.5 Å². The number of hydrogen-bond donors (Lipinski definition) is 3. The molecule has 0 fully saturated rings. The normalized spacial score (nSPS) is 14.5. The van der Waals surface area contributed by atoms with Crippen molar-refractivity contribution in [1.29, 1.82) is 0 Å². The lowest BCUT2D eigenvalue weighted by Gasteiger charge is -2.29. The largest absolute Gasteiger partial charge is 0.503 e. The number of amides is 1. The summed E-state index contributed by atoms with van der Waals surface area (Å²) < 4.78 is 7.52. The molecule has 2 heterocycles. The number of phenolic OH excluding ortho intramolecular Hbond substituents is 1. The van der Waals surface area contributed by atoms with Crippen molar-refractivity contribution in [2.24, 2.45) is 0 Å². The number of nitrogens with one attached hydrogen (secondary N) is 2. The molecule has 1 unspecified atom stereocenters. The van der Waals surface area contributed by atoms with Crippen LogP contribution in [0.15, 0.2) is 81.6 Å². The number of thioether (sulfide) groups is 1. The van der Waals surface area contributed by atoms with Gasteiger partial charge in [-0.1, -0.05) is 53.7 Å². The van der Waals surface area contributed by atoms with Gasteiger partial charge in [-0.25, -0.2) is 4.68 Å². The third kappa shape index (κ3) is 5.63. The third-order valence-corrected chi connectivity index (χ3v) is 8.11. The Bertz CT molecular complexity index is 1610. The molecule has 8 nitrogen and oxygen atoms in total. The Morgan fingerprint density at radius 1 is 1.21 bits per heavy atom. The van der Waals surface area contributed by atoms with Gasteiger partial charge in [0, 0.05) is 22.2 Å². The van der Waals surface area contributed by atoms with E-state index in [1.165, 1.54) is 18.9 Å². The second kappa shape index (κ2) is 11.3. The summed E-state index contributed by atoms with van der Waals surface area (Å²) in [5.41, 5.74) is 4.46. The number of nitrogens with zero attached hydrogens (tertiary/aromatic N) is 3. The molecule has 0 aliphatic carbocycles. The van der Waals surface area contributed by atoms with E-state index in [9.17, 15) is 9.90 Å². The Morgan fingerprint density at radius 2 is 2.00 bits per heavy atom. The van der Waals surface area contributed by atoms with Crippen LogP contribution in [0.4, 0.5) is 11.6 Å². The topological polar surface area (TPSA) is 101 Å². The Balaban J connectivity index is 1.56. The molecule has 0 saturated heterocycles. The minimum absolute atomic E-state index is 0.0311. The highest BCUT2D eigenvalue weighted by atomic mass is 79.9. The van der Waals surface area contributed by atoms with Gasteiger partial charge in [0.25, 0.3) is 5.91 Å². The summed E-state index contributed by atoms with van der Waals surface area (Å²) in [4.78, 5) is 18.5. The third-order valence-electron chi connectivity index (χ3n) is 6.25. The van der Waals surface area contributed by atoms with E-state index < -0.39 is 6.04 Å². The van der Waals surface area contributed by atoms with E-state index in [2.05, 4.69) is 26.6 Å². The quantitative estimate of drug-likeness (QED) is 0.191. The first-order valence-corrected chi connectivity index (χ1v) is 14.2. The van der Waals surface area contributed by atoms with E-state index in [0.29, 0.717) is 48.9 Å². The molecule has 0 radical (unpaired) electrons. The minimum atomic E-state index is -0.654. The number of carbonyl (C=O) groups is 1. The van der Waals surface area contributed by atoms with Crippen molar-refractivity contribution in [3.05, 3.63) is 98.1 Å². The SMILES string of the molecule is COc1cc(C2C(C(=O)Nc3cccc(C)c3)=C(C)Nc3nc(SCc4ccccc4Cl)nn32)cc(Br)c1O. The Morgan fingerprint density at radius 3 is 2.74 bits per heavy atom. The summed E-state index contributed by atoms with van der Waals surface area (Å²) in [5, 5.41) is 22.7. The number of anilines is 2. The summed E-state index contributed by atoms with van der Waals surface area (Å²) in [5.74, 6) is 1.03. The lowest BCUT2D eigenvalue weighted by Crippen LogP contribution is -2.31. The number of allylic oxidation sites excluding steroid dienone is 1. The van der Waals surface area contributed by atoms with Gasteiger partial charge in [-0.2, -0.15) is 4.98 Å². The minimum Gasteiger partial charge on any atom is -0.503 e. The monoisotopic (exact) mass is 625 g/mol. The van der Waals surface area contributed by atoms with Crippen LogP contribution in [0.3, 0.4) is 0 Å². The number of methoxy groups -OCH3 is 1. The van der Waals surface area contributed by atoms with Gasteiger partial charge in [0.15, 0.2) is 11.5 Å². The number of aryl methyl sites for hydroxylation is 1. The lowest BCUT2D eigenvalue weighted by molar-refractivity contribution is -0.113. The first-order valence-electron chi connectivity index (χ1n) is 12.0. The molecule has 39 heavy (non-hydrogen) atoms. The number of rotatable bonds is 7. The Kier molecular flexibility index (Phi) is 7.88. The van der Waals surface area contributed by atoms with Crippen LogP contribution in [0, 0.1) is 6.92 Å². The number of halogens is 2. The summed E-state index contributed by atoms with van der Waals surface area (Å²) >= 11 is 11.2. The van der Waals surface area contributed by atoms with Crippen molar-refractivity contribution >= 4 is 56.8 Å². The number of phenols is 1. The fourth-order valence-corrected chi connectivity index (χ4v) is 5.96. The maximum absolute atomic E-state index is 13.8. The molecule has 0 saturated carbocycles. The number of benzene rings is 3. The van der Waals surface area contributed by atoms with Crippen LogP contribution >= 0.6 is 39.3 Å². The van der Waals surface area contributed by atoms with Crippen LogP contribution in [-0.2, 0) is 10.5 Å². The maximum atomic E-state index is 13.8. The second-order valence-corrected chi connectivity index (χ2v) is 11.2. The van der Waals surface area contributed by atoms with Gasteiger partial charge in [0.2, 0.25) is 11.1 Å². The van der Waals surface area contributed by atoms with Crippen LogP contribution in [-0.4, -0.2) is 32.9 Å². The van der Waals surface area contributed by atoms with Gasteiger partial charge in [-0.05, 0) is 76.8 Å². The van der Waals surface area contributed by atoms with Crippen molar-refractivity contribution in [3.63, 3.8) is 0 Å². The van der Waals surface area contributed by atoms with Crippen LogP contribution < -0.4 is 15.4 Å². The number of aromatic hydroxyl groups is 1. The zero-order chi connectivity index (χ0) is 27.7. The van der Waals surface area contributed by atoms with E-state index in [-0.39, 0.29) is 17.4 Å². The van der Waals surface area contributed by atoms with E-state index in [1.807, 2.05) is 62.4 Å². The molecule has 1 atom stereocenters. The Labute approximate surface area is 243 Å². The van der Waals surface area contributed by atoms with Crippen molar-refractivity contribution in [2.45, 2.75) is 30.8 Å². The maximum Gasteiger partial charge on any atom is 0.255 e. The average Bonchev–Trinajstić information content (AvgIpc) is 3.31. The van der Waals surface area contributed by atoms with Crippen LogP contribution in [0.5, 0.6) is 11.5 Å². The molecule has 1 aliphatic heterocycles. The zero-order valence-electron chi connectivity index (χ0n) is 21.3. The molecule has 1 amide bonds. The standard InChI is InChI=1S/C28H25BrClN5O3S/c1-15-7-6-9-19(11-15)32-26(37)23-16(2)31-27-33-28(39-14-17-8-4-5-10-21(17)30)34-35(27)24(23)18-12-20(29)25(36)22(13-18)38-3/h4-13,24,36H,14H2,1-3H3,(H,32,37)(H,31,33,34). The van der Waals surface area contributed by atoms with E-state index in [1.54, 1.807) is 16.8 Å². The molecule has 3 aromatic carbocycles. The van der Waals surface area contributed by atoms with Gasteiger partial charge in [0.05, 0.1) is 17.2 Å². The molecule has 5 rings (SSSR count). The number of ether oxygens (including phenoxy) is 1. The van der Waals surface area contributed by atoms with Crippen molar-refractivity contribution < 1.29 is 14.6 Å². The van der Waals surface area contributed by atoms with Gasteiger partial charge < -0.3 is 20.5 Å². The van der Waals surface area contributed by atoms with Crippen molar-refractivity contribution in [2.75, 3.05) is 17.7 Å². The van der Waals surface area contributed by atoms with Gasteiger partial charge >= 0.3 is 0 Å². The molecule has 200 valence electrons. The molecule has 0 bridgehead atoms.